The number of hydrogen-bond acceptors (Lipinski definition) is 3. The first-order chi connectivity index (χ1) is 8.78. The molecule has 2 aliphatic rings. The van der Waals surface area contributed by atoms with Crippen LogP contribution >= 0.6 is 0 Å². The van der Waals surface area contributed by atoms with Crippen LogP contribution in [0.4, 0.5) is 0 Å². The van der Waals surface area contributed by atoms with Gasteiger partial charge in [0.2, 0.25) is 5.91 Å². The maximum Gasteiger partial charge on any atom is 0.226 e. The number of nitrogens with one attached hydrogen (secondary N) is 1. The quantitative estimate of drug-likeness (QED) is 0.856. The Morgan fingerprint density at radius 3 is 3.39 bits per heavy atom. The van der Waals surface area contributed by atoms with Crippen LogP contribution in [0.5, 0.6) is 0 Å². The van der Waals surface area contributed by atoms with Crippen LogP contribution in [0, 0.1) is 5.92 Å². The van der Waals surface area contributed by atoms with Crippen LogP contribution in [-0.2, 0) is 22.5 Å². The number of carbonyl (C=O) groups is 1. The van der Waals surface area contributed by atoms with Gasteiger partial charge in [0.25, 0.3) is 0 Å². The summed E-state index contributed by atoms with van der Waals surface area (Å²) in [5.41, 5.74) is 0. The fourth-order valence-electron chi connectivity index (χ4n) is 2.64. The Labute approximate surface area is 107 Å². The van der Waals surface area contributed by atoms with Gasteiger partial charge < -0.3 is 14.6 Å². The molecule has 1 aliphatic heterocycles. The van der Waals surface area contributed by atoms with Gasteiger partial charge in [-0.15, -0.1) is 0 Å². The van der Waals surface area contributed by atoms with Crippen molar-refractivity contribution in [3.05, 3.63) is 18.2 Å². The topological polar surface area (TPSA) is 56.1 Å². The van der Waals surface area contributed by atoms with E-state index in [4.69, 9.17) is 4.74 Å². The van der Waals surface area contributed by atoms with Crippen LogP contribution in [0.1, 0.15) is 25.6 Å². The molecule has 1 fully saturated rings. The molecular weight excluding hydrogens is 230 g/mol. The summed E-state index contributed by atoms with van der Waals surface area (Å²) in [4.78, 5) is 16.3. The molecule has 3 rings (SSSR count). The highest BCUT2D eigenvalue weighted by Crippen LogP contribution is 2.34. The third-order valence-corrected chi connectivity index (χ3v) is 3.73. The van der Waals surface area contributed by atoms with Crippen LogP contribution < -0.4 is 5.32 Å². The summed E-state index contributed by atoms with van der Waals surface area (Å²) >= 11 is 0. The first-order valence-electron chi connectivity index (χ1n) is 6.70. The molecule has 18 heavy (non-hydrogen) atoms. The molecule has 0 aromatic carbocycles. The summed E-state index contributed by atoms with van der Waals surface area (Å²) in [7, 11) is 0. The first kappa shape index (κ1) is 11.7. The minimum absolute atomic E-state index is 0.0779. The molecule has 1 saturated carbocycles. The average molecular weight is 249 g/mol. The number of carbonyl (C=O) groups excluding carboxylic acids is 1. The number of rotatable bonds is 4. The maximum atomic E-state index is 12.0. The highest BCUT2D eigenvalue weighted by molar-refractivity contribution is 5.82. The molecule has 2 heterocycles. The van der Waals surface area contributed by atoms with Gasteiger partial charge in [-0.3, -0.25) is 4.79 Å². The zero-order valence-electron chi connectivity index (χ0n) is 10.6. The Hall–Kier alpha value is -1.36. The summed E-state index contributed by atoms with van der Waals surface area (Å²) in [6.07, 6.45) is 6.76. The van der Waals surface area contributed by atoms with Gasteiger partial charge in [-0.1, -0.05) is 0 Å². The maximum absolute atomic E-state index is 12.0. The molecule has 1 amide bonds. The van der Waals surface area contributed by atoms with Gasteiger partial charge in [0, 0.05) is 38.0 Å². The second-order valence-electron chi connectivity index (χ2n) is 5.08. The fourth-order valence-corrected chi connectivity index (χ4v) is 2.64. The second kappa shape index (κ2) is 4.72. The Morgan fingerprint density at radius 1 is 1.67 bits per heavy atom. The molecule has 1 N–H and O–H groups in total. The molecule has 0 bridgehead atoms. The van der Waals surface area contributed by atoms with E-state index in [1.807, 2.05) is 19.3 Å². The number of ether oxygens (including phenoxy) is 1. The second-order valence-corrected chi connectivity index (χ2v) is 5.08. The Kier molecular flexibility index (Phi) is 3.07. The van der Waals surface area contributed by atoms with E-state index in [1.54, 1.807) is 0 Å². The van der Waals surface area contributed by atoms with Gasteiger partial charge in [0.1, 0.15) is 5.82 Å². The predicted molar refractivity (Wildman–Crippen MR) is 66.0 cm³/mol. The van der Waals surface area contributed by atoms with Crippen molar-refractivity contribution in [3.8, 4) is 0 Å². The van der Waals surface area contributed by atoms with Crippen molar-refractivity contribution in [2.75, 3.05) is 6.61 Å². The van der Waals surface area contributed by atoms with E-state index in [9.17, 15) is 4.79 Å². The number of imidazole rings is 1. The molecule has 1 aliphatic carbocycles. The zero-order chi connectivity index (χ0) is 12.5. The van der Waals surface area contributed by atoms with Gasteiger partial charge >= 0.3 is 0 Å². The van der Waals surface area contributed by atoms with Gasteiger partial charge in [-0.05, 0) is 19.8 Å². The lowest BCUT2D eigenvalue weighted by molar-refractivity contribution is -0.124. The number of aromatic nitrogens is 2. The van der Waals surface area contributed by atoms with Crippen molar-refractivity contribution in [3.63, 3.8) is 0 Å². The van der Waals surface area contributed by atoms with Crippen molar-refractivity contribution in [1.82, 2.24) is 14.9 Å². The molecule has 5 nitrogen and oxygen atoms in total. The predicted octanol–water partition coefficient (Wildman–Crippen LogP) is 0.739. The molecule has 98 valence electrons. The largest absolute Gasteiger partial charge is 0.378 e. The number of fused-ring (bicyclic) bond motifs is 1. The SMILES string of the molecule is CCO[C@@H]1C[C@H]1C(=O)N[C@H]1CCc2nccn2C1. The fraction of sp³-hybridized carbons (Fsp3) is 0.692. The molecule has 1 aromatic heterocycles. The Balaban J connectivity index is 1.51. The van der Waals surface area contributed by atoms with Crippen LogP contribution in [0.2, 0.25) is 0 Å². The van der Waals surface area contributed by atoms with Crippen LogP contribution in [-0.4, -0.2) is 34.2 Å². The average Bonchev–Trinajstić information content (AvgIpc) is 2.98. The molecule has 3 atom stereocenters. The number of hydrogen-bond donors (Lipinski definition) is 1. The molecule has 5 heteroatoms. The first-order valence-corrected chi connectivity index (χ1v) is 6.70. The van der Waals surface area contributed by atoms with E-state index in [-0.39, 0.29) is 24.0 Å². The molecular formula is C13H19N3O2. The molecule has 0 radical (unpaired) electrons. The van der Waals surface area contributed by atoms with E-state index in [0.29, 0.717) is 6.61 Å². The summed E-state index contributed by atoms with van der Waals surface area (Å²) in [5, 5.41) is 3.13. The van der Waals surface area contributed by atoms with Gasteiger partial charge in [-0.2, -0.15) is 0 Å². The summed E-state index contributed by atoms with van der Waals surface area (Å²) in [6.45, 7) is 3.50. The third-order valence-electron chi connectivity index (χ3n) is 3.73. The minimum atomic E-state index is 0.0779. The molecule has 0 saturated heterocycles. The monoisotopic (exact) mass is 249 g/mol. The smallest absolute Gasteiger partial charge is 0.226 e. The van der Waals surface area contributed by atoms with E-state index >= 15 is 0 Å². The van der Waals surface area contributed by atoms with Gasteiger partial charge in [-0.25, -0.2) is 4.98 Å². The zero-order valence-corrected chi connectivity index (χ0v) is 10.6. The van der Waals surface area contributed by atoms with E-state index in [0.717, 1.165) is 31.6 Å². The number of nitrogens with zero attached hydrogens (tertiary/aromatic N) is 2. The van der Waals surface area contributed by atoms with Crippen molar-refractivity contribution in [2.45, 2.75) is 44.9 Å². The summed E-state index contributed by atoms with van der Waals surface area (Å²) < 4.78 is 7.57. The number of aryl methyl sites for hydroxylation is 1. The van der Waals surface area contributed by atoms with Crippen molar-refractivity contribution < 1.29 is 9.53 Å². The number of amides is 1. The normalized spacial score (nSPS) is 29.7. The van der Waals surface area contributed by atoms with Crippen molar-refractivity contribution >= 4 is 5.91 Å². The lowest BCUT2D eigenvalue weighted by Gasteiger charge is -2.24. The van der Waals surface area contributed by atoms with Crippen molar-refractivity contribution in [2.24, 2.45) is 5.92 Å². The molecule has 0 spiro atoms. The summed E-state index contributed by atoms with van der Waals surface area (Å²) in [6, 6.07) is 0.238. The lowest BCUT2D eigenvalue weighted by Crippen LogP contribution is -2.42. The van der Waals surface area contributed by atoms with Gasteiger partial charge in [0.15, 0.2) is 0 Å². The minimum Gasteiger partial charge on any atom is -0.378 e. The summed E-state index contributed by atoms with van der Waals surface area (Å²) in [5.74, 6) is 1.36. The Bertz CT molecular complexity index is 443. The molecule has 1 aromatic rings. The highest BCUT2D eigenvalue weighted by Gasteiger charge is 2.44. The third kappa shape index (κ3) is 2.27. The van der Waals surface area contributed by atoms with Crippen LogP contribution in [0.3, 0.4) is 0 Å². The van der Waals surface area contributed by atoms with Crippen LogP contribution in [0.25, 0.3) is 0 Å². The van der Waals surface area contributed by atoms with Crippen LogP contribution in [0.15, 0.2) is 12.4 Å². The lowest BCUT2D eigenvalue weighted by atomic mass is 10.1. The van der Waals surface area contributed by atoms with E-state index < -0.39 is 0 Å². The molecule has 0 unspecified atom stereocenters. The highest BCUT2D eigenvalue weighted by atomic mass is 16.5. The van der Waals surface area contributed by atoms with Gasteiger partial charge in [0.05, 0.1) is 12.0 Å². The van der Waals surface area contributed by atoms with Crippen molar-refractivity contribution in [1.29, 1.82) is 0 Å². The standard InChI is InChI=1S/C13H19N3O2/c1-2-18-11-7-10(11)13(17)15-9-3-4-12-14-5-6-16(12)8-9/h5-6,9-11H,2-4,7-8H2,1H3,(H,15,17)/t9-,10+,11+/m0/s1. The van der Waals surface area contributed by atoms with E-state index in [1.165, 1.54) is 0 Å². The van der Waals surface area contributed by atoms with E-state index in [2.05, 4.69) is 14.9 Å². The Morgan fingerprint density at radius 2 is 2.56 bits per heavy atom.